The number of hydrogen-bond donors (Lipinski definition) is 3. The molecule has 0 radical (unpaired) electrons. The lowest BCUT2D eigenvalue weighted by Gasteiger charge is -2.41. The molecule has 0 amide bonds. The van der Waals surface area contributed by atoms with Crippen LogP contribution in [-0.4, -0.2) is 28.6 Å². The van der Waals surface area contributed by atoms with E-state index in [1.807, 2.05) is 0 Å². The van der Waals surface area contributed by atoms with Crippen molar-refractivity contribution in [2.24, 2.45) is 5.92 Å². The van der Waals surface area contributed by atoms with Crippen LogP contribution in [0.15, 0.2) is 0 Å². The summed E-state index contributed by atoms with van der Waals surface area (Å²) in [6.07, 6.45) is 4.42. The third-order valence-corrected chi connectivity index (χ3v) is 3.18. The second-order valence-corrected chi connectivity index (χ2v) is 4.04. The van der Waals surface area contributed by atoms with Gasteiger partial charge in [0.25, 0.3) is 0 Å². The molecule has 3 heteroatoms. The molecule has 2 fully saturated rings. The molecule has 3 nitrogen and oxygen atoms in total. The Morgan fingerprint density at radius 1 is 1.08 bits per heavy atom. The molecule has 2 aliphatic rings. The SMILES string of the molecule is OC1CC(O)C2CCCCC2N1. The van der Waals surface area contributed by atoms with Gasteiger partial charge in [-0.15, -0.1) is 0 Å². The largest absolute Gasteiger partial charge is 0.393 e. The van der Waals surface area contributed by atoms with Crippen molar-refractivity contribution in [3.05, 3.63) is 0 Å². The summed E-state index contributed by atoms with van der Waals surface area (Å²) in [7, 11) is 0. The fraction of sp³-hybridized carbons (Fsp3) is 1.00. The van der Waals surface area contributed by atoms with Gasteiger partial charge in [-0.3, -0.25) is 5.32 Å². The number of aliphatic hydroxyl groups excluding tert-OH is 2. The van der Waals surface area contributed by atoms with Gasteiger partial charge in [0.05, 0.1) is 6.10 Å². The van der Waals surface area contributed by atoms with E-state index < -0.39 is 6.23 Å². The molecule has 4 atom stereocenters. The van der Waals surface area contributed by atoms with Crippen molar-refractivity contribution in [2.75, 3.05) is 0 Å². The normalized spacial score (nSPS) is 48.5. The summed E-state index contributed by atoms with van der Waals surface area (Å²) < 4.78 is 0. The Labute approximate surface area is 72.8 Å². The molecule has 2 rings (SSSR count). The van der Waals surface area contributed by atoms with Gasteiger partial charge >= 0.3 is 0 Å². The third kappa shape index (κ3) is 1.49. The van der Waals surface area contributed by atoms with Crippen LogP contribution in [0.4, 0.5) is 0 Å². The van der Waals surface area contributed by atoms with Gasteiger partial charge in [-0.05, 0) is 12.8 Å². The molecule has 0 aromatic carbocycles. The maximum atomic E-state index is 9.67. The van der Waals surface area contributed by atoms with Gasteiger partial charge in [0, 0.05) is 18.4 Å². The van der Waals surface area contributed by atoms with Crippen molar-refractivity contribution in [3.8, 4) is 0 Å². The van der Waals surface area contributed by atoms with Crippen LogP contribution in [0.5, 0.6) is 0 Å². The van der Waals surface area contributed by atoms with E-state index in [1.165, 1.54) is 12.8 Å². The highest BCUT2D eigenvalue weighted by atomic mass is 16.3. The first-order valence-electron chi connectivity index (χ1n) is 4.89. The zero-order valence-electron chi connectivity index (χ0n) is 7.24. The molecule has 12 heavy (non-hydrogen) atoms. The lowest BCUT2D eigenvalue weighted by atomic mass is 9.77. The molecule has 4 unspecified atom stereocenters. The number of piperidine rings is 1. The Morgan fingerprint density at radius 2 is 1.83 bits per heavy atom. The van der Waals surface area contributed by atoms with Crippen LogP contribution in [0.1, 0.15) is 32.1 Å². The van der Waals surface area contributed by atoms with Crippen LogP contribution in [0, 0.1) is 5.92 Å². The predicted octanol–water partition coefficient (Wildman–Crippen LogP) is 0.218. The van der Waals surface area contributed by atoms with Crippen LogP contribution in [-0.2, 0) is 0 Å². The van der Waals surface area contributed by atoms with E-state index in [-0.39, 0.29) is 6.10 Å². The first kappa shape index (κ1) is 8.48. The minimum absolute atomic E-state index is 0.286. The summed E-state index contributed by atoms with van der Waals surface area (Å²) >= 11 is 0. The Morgan fingerprint density at radius 3 is 2.67 bits per heavy atom. The van der Waals surface area contributed by atoms with Crippen molar-refractivity contribution >= 4 is 0 Å². The first-order chi connectivity index (χ1) is 5.77. The first-order valence-corrected chi connectivity index (χ1v) is 4.89. The standard InChI is InChI=1S/C9H17NO2/c11-8-5-9(12)10-7-4-2-1-3-6(7)8/h6-12H,1-5H2. The topological polar surface area (TPSA) is 52.5 Å². The second-order valence-electron chi connectivity index (χ2n) is 4.04. The van der Waals surface area contributed by atoms with E-state index in [1.54, 1.807) is 0 Å². The predicted molar refractivity (Wildman–Crippen MR) is 45.5 cm³/mol. The number of nitrogens with one attached hydrogen (secondary N) is 1. The number of fused-ring (bicyclic) bond motifs is 1. The van der Waals surface area contributed by atoms with Gasteiger partial charge in [0.1, 0.15) is 6.23 Å². The smallest absolute Gasteiger partial charge is 0.107 e. The van der Waals surface area contributed by atoms with E-state index >= 15 is 0 Å². The third-order valence-electron chi connectivity index (χ3n) is 3.18. The van der Waals surface area contributed by atoms with Crippen LogP contribution in [0.3, 0.4) is 0 Å². The zero-order valence-corrected chi connectivity index (χ0v) is 7.24. The summed E-state index contributed by atoms with van der Waals surface area (Å²) in [6, 6.07) is 0.359. The lowest BCUT2D eigenvalue weighted by molar-refractivity contribution is -0.0444. The van der Waals surface area contributed by atoms with Gasteiger partial charge in [-0.1, -0.05) is 12.8 Å². The highest BCUT2D eigenvalue weighted by molar-refractivity contribution is 4.90. The molecular weight excluding hydrogens is 154 g/mol. The Balaban J connectivity index is 2.01. The maximum Gasteiger partial charge on any atom is 0.107 e. The summed E-state index contributed by atoms with van der Waals surface area (Å²) in [5.74, 6) is 0.391. The Hall–Kier alpha value is -0.120. The van der Waals surface area contributed by atoms with Crippen molar-refractivity contribution < 1.29 is 10.2 Å². The molecule has 1 saturated heterocycles. The van der Waals surface area contributed by atoms with Crippen LogP contribution >= 0.6 is 0 Å². The highest BCUT2D eigenvalue weighted by Crippen LogP contribution is 2.31. The minimum atomic E-state index is -0.487. The van der Waals surface area contributed by atoms with Gasteiger partial charge in [0.15, 0.2) is 0 Å². The van der Waals surface area contributed by atoms with Crippen molar-refractivity contribution in [2.45, 2.75) is 50.5 Å². The summed E-state index contributed by atoms with van der Waals surface area (Å²) in [5.41, 5.74) is 0. The Kier molecular flexibility index (Phi) is 2.35. The maximum absolute atomic E-state index is 9.67. The molecular formula is C9H17NO2. The molecule has 1 saturated carbocycles. The van der Waals surface area contributed by atoms with Crippen LogP contribution in [0.25, 0.3) is 0 Å². The summed E-state index contributed by atoms with van der Waals surface area (Å²) in [4.78, 5) is 0. The minimum Gasteiger partial charge on any atom is -0.393 e. The van der Waals surface area contributed by atoms with Gasteiger partial charge in [-0.25, -0.2) is 0 Å². The molecule has 0 spiro atoms. The van der Waals surface area contributed by atoms with E-state index in [0.29, 0.717) is 18.4 Å². The summed E-state index contributed by atoms with van der Waals surface area (Å²) in [5, 5.41) is 22.2. The molecule has 0 aromatic rings. The van der Waals surface area contributed by atoms with E-state index in [4.69, 9.17) is 0 Å². The molecule has 1 aliphatic heterocycles. The van der Waals surface area contributed by atoms with Gasteiger partial charge in [-0.2, -0.15) is 0 Å². The second kappa shape index (κ2) is 3.32. The highest BCUT2D eigenvalue weighted by Gasteiger charge is 2.36. The van der Waals surface area contributed by atoms with E-state index in [2.05, 4.69) is 5.32 Å². The average Bonchev–Trinajstić information content (AvgIpc) is 2.04. The van der Waals surface area contributed by atoms with Crippen molar-refractivity contribution in [1.82, 2.24) is 5.32 Å². The number of rotatable bonds is 0. The average molecular weight is 171 g/mol. The number of aliphatic hydroxyl groups is 2. The Bertz CT molecular complexity index is 163. The quantitative estimate of drug-likeness (QED) is 0.488. The fourth-order valence-electron chi connectivity index (χ4n) is 2.55. The molecule has 70 valence electrons. The monoisotopic (exact) mass is 171 g/mol. The molecule has 3 N–H and O–H groups in total. The van der Waals surface area contributed by atoms with E-state index in [9.17, 15) is 10.2 Å². The van der Waals surface area contributed by atoms with Gasteiger partial charge < -0.3 is 10.2 Å². The van der Waals surface area contributed by atoms with Crippen molar-refractivity contribution in [3.63, 3.8) is 0 Å². The van der Waals surface area contributed by atoms with Crippen LogP contribution < -0.4 is 5.32 Å². The van der Waals surface area contributed by atoms with E-state index in [0.717, 1.165) is 12.8 Å². The molecule has 1 aliphatic carbocycles. The fourth-order valence-corrected chi connectivity index (χ4v) is 2.55. The molecule has 0 aromatic heterocycles. The van der Waals surface area contributed by atoms with Crippen LogP contribution in [0.2, 0.25) is 0 Å². The van der Waals surface area contributed by atoms with Gasteiger partial charge in [0.2, 0.25) is 0 Å². The number of hydrogen-bond acceptors (Lipinski definition) is 3. The summed E-state index contributed by atoms with van der Waals surface area (Å²) in [6.45, 7) is 0. The molecule has 1 heterocycles. The lowest BCUT2D eigenvalue weighted by Crippen LogP contribution is -2.54. The van der Waals surface area contributed by atoms with Crippen molar-refractivity contribution in [1.29, 1.82) is 0 Å². The zero-order chi connectivity index (χ0) is 8.55. The molecule has 0 bridgehead atoms.